The molecule has 0 bridgehead atoms. The summed E-state index contributed by atoms with van der Waals surface area (Å²) in [5, 5.41) is 0. The summed E-state index contributed by atoms with van der Waals surface area (Å²) in [6.07, 6.45) is 0. The first-order chi connectivity index (χ1) is 12.0. The van der Waals surface area contributed by atoms with Gasteiger partial charge in [0.2, 0.25) is 0 Å². The van der Waals surface area contributed by atoms with Crippen molar-refractivity contribution in [2.75, 3.05) is 0 Å². The van der Waals surface area contributed by atoms with Crippen LogP contribution in [-0.4, -0.2) is 58.7 Å². The second-order valence-electron chi connectivity index (χ2n) is 2.94. The number of phosphoric acid groups is 6. The van der Waals surface area contributed by atoms with Crippen LogP contribution in [0.1, 0.15) is 0 Å². The first kappa shape index (κ1) is 49.5. The van der Waals surface area contributed by atoms with Crippen molar-refractivity contribution in [3.05, 3.63) is 0 Å². The van der Waals surface area contributed by atoms with Gasteiger partial charge in [-0.15, -0.1) is 0 Å². The Morgan fingerprint density at radius 1 is 0.290 bits per heavy atom. The first-order valence-corrected chi connectivity index (χ1v) is 13.8. The van der Waals surface area contributed by atoms with Crippen LogP contribution >= 0.6 is 46.9 Å². The maximum absolute atomic E-state index is 8.77. The minimum absolute atomic E-state index is 0. The van der Waals surface area contributed by atoms with Crippen molar-refractivity contribution in [3.63, 3.8) is 0 Å². The standard InChI is InChI=1S/Mo.6H3O4P/c;6*1-5(2,3)4/h;6*(H3,1,2,3,4)/q+6;;;;;;/p-6. The van der Waals surface area contributed by atoms with Crippen molar-refractivity contribution in [1.29, 1.82) is 0 Å². The number of hydrogen-bond acceptors (Lipinski definition) is 12. The van der Waals surface area contributed by atoms with Crippen molar-refractivity contribution >= 4 is 46.9 Å². The molecule has 0 fully saturated rings. The fraction of sp³-hybridized carbons (Fsp3) is 0. The molecule has 192 valence electrons. The summed E-state index contributed by atoms with van der Waals surface area (Å²) in [7, 11) is -29.3. The summed E-state index contributed by atoms with van der Waals surface area (Å²) in [4.78, 5) is 138. The number of hydrogen-bond donors (Lipinski definition) is 12. The molecule has 0 aliphatic carbocycles. The molecule has 0 amide bonds. The van der Waals surface area contributed by atoms with Crippen molar-refractivity contribution in [3.8, 4) is 0 Å². The monoisotopic (exact) mass is 680 g/mol. The zero-order valence-electron chi connectivity index (χ0n) is 13.4. The van der Waals surface area contributed by atoms with Gasteiger partial charge in [0.25, 0.3) is 46.9 Å². The second-order valence-corrected chi connectivity index (χ2v) is 8.83. The molecule has 0 aromatic rings. The van der Waals surface area contributed by atoms with E-state index in [0.717, 1.165) is 0 Å². The normalized spacial score (nSPS) is 11.4. The van der Waals surface area contributed by atoms with E-state index in [-0.39, 0.29) is 21.1 Å². The van der Waals surface area contributed by atoms with Gasteiger partial charge < -0.3 is 88.1 Å². The first-order valence-electron chi connectivity index (χ1n) is 4.59. The van der Waals surface area contributed by atoms with Gasteiger partial charge >= 0.3 is 21.1 Å². The Morgan fingerprint density at radius 3 is 0.290 bits per heavy atom. The molecule has 0 aliphatic rings. The molecule has 0 unspecified atom stereocenters. The molecule has 31 heavy (non-hydrogen) atoms. The topological polar surface area (TPSA) is 484 Å². The maximum atomic E-state index is 8.77. The Balaban J connectivity index is -0.0000000443. The molecule has 0 atom stereocenters. The summed E-state index contributed by atoms with van der Waals surface area (Å²) in [6, 6.07) is 0. The molecule has 12 N–H and O–H groups in total. The molecule has 0 aromatic carbocycles. The maximum Gasteiger partial charge on any atom is 6.00 e. The van der Waals surface area contributed by atoms with Crippen LogP contribution in [-0.2, 0) is 48.5 Å². The van der Waals surface area contributed by atoms with Crippen LogP contribution in [0.2, 0.25) is 0 Å². The summed E-state index contributed by atoms with van der Waals surface area (Å²) in [6.45, 7) is 0. The van der Waals surface area contributed by atoms with Gasteiger partial charge in [-0.1, -0.05) is 0 Å². The van der Waals surface area contributed by atoms with Gasteiger partial charge in [0, 0.05) is 0 Å². The molecule has 0 saturated carbocycles. The van der Waals surface area contributed by atoms with Crippen molar-refractivity contribution in [2.24, 2.45) is 0 Å². The largest absolute Gasteiger partial charge is 6.00 e. The van der Waals surface area contributed by atoms with Gasteiger partial charge in [0.05, 0.1) is 0 Å². The van der Waals surface area contributed by atoms with E-state index in [0.29, 0.717) is 0 Å². The third-order valence-electron chi connectivity index (χ3n) is 0. The molecule has 0 rings (SSSR count). The Labute approximate surface area is 183 Å². The Kier molecular flexibility index (Phi) is 33.0. The molecular weight excluding hydrogens is 666 g/mol. The van der Waals surface area contributed by atoms with Crippen molar-refractivity contribution in [2.45, 2.75) is 0 Å². The van der Waals surface area contributed by atoms with Crippen LogP contribution in [0.4, 0.5) is 0 Å². The van der Waals surface area contributed by atoms with E-state index in [4.69, 9.17) is 115 Å². The van der Waals surface area contributed by atoms with E-state index >= 15 is 0 Å². The fourth-order valence-corrected chi connectivity index (χ4v) is 0. The zero-order valence-corrected chi connectivity index (χ0v) is 20.7. The van der Waals surface area contributed by atoms with Gasteiger partial charge in [-0.3, -0.25) is 27.4 Å². The minimum Gasteiger partial charge on any atom is -0.756 e. The zero-order chi connectivity index (χ0) is 27.0. The average Bonchev–Trinajstić information content (AvgIpc) is 1.94. The fourth-order valence-electron chi connectivity index (χ4n) is 0. The van der Waals surface area contributed by atoms with E-state index in [9.17, 15) is 0 Å². The summed E-state index contributed by atoms with van der Waals surface area (Å²) >= 11 is 0. The van der Waals surface area contributed by atoms with Crippen LogP contribution < -0.4 is 29.4 Å². The second kappa shape index (κ2) is 20.7. The molecule has 0 heterocycles. The Morgan fingerprint density at radius 2 is 0.290 bits per heavy atom. The van der Waals surface area contributed by atoms with E-state index in [1.54, 1.807) is 0 Å². The van der Waals surface area contributed by atoms with E-state index < -0.39 is 46.9 Å². The molecule has 0 saturated heterocycles. The van der Waals surface area contributed by atoms with Crippen LogP contribution in [0.5, 0.6) is 0 Å². The van der Waals surface area contributed by atoms with Crippen LogP contribution in [0.25, 0.3) is 0 Å². The van der Waals surface area contributed by atoms with Crippen molar-refractivity contribution in [1.82, 2.24) is 0 Å². The molecule has 0 aromatic heterocycles. The van der Waals surface area contributed by atoms with E-state index in [1.165, 1.54) is 0 Å². The van der Waals surface area contributed by atoms with Gasteiger partial charge in [0.15, 0.2) is 0 Å². The number of rotatable bonds is 0. The quantitative estimate of drug-likeness (QED) is 0.0835. The smallest absolute Gasteiger partial charge is 0.756 e. The molecule has 0 aliphatic heterocycles. The summed E-state index contributed by atoms with van der Waals surface area (Å²) < 4.78 is 52.6. The summed E-state index contributed by atoms with van der Waals surface area (Å²) in [5.74, 6) is 0. The predicted octanol–water partition coefficient (Wildman–Crippen LogP) is -9.37. The SMILES string of the molecule is O=P([O-])(O)O.O=P([O-])(O)O.O=P([O-])(O)O.O=P([O-])(O)O.O=P([O-])(O)O.O=P([O-])(O)O.[Mo+6]. The van der Waals surface area contributed by atoms with Gasteiger partial charge in [-0.25, -0.2) is 0 Å². The minimum atomic E-state index is -4.89. The van der Waals surface area contributed by atoms with Gasteiger partial charge in [0.1, 0.15) is 0 Å². The molecule has 24 nitrogen and oxygen atoms in total. The predicted molar refractivity (Wildman–Crippen MR) is 72.3 cm³/mol. The Hall–Kier alpha value is 1.35. The van der Waals surface area contributed by atoms with Crippen LogP contribution in [0, 0.1) is 0 Å². The van der Waals surface area contributed by atoms with Crippen LogP contribution in [0.15, 0.2) is 0 Å². The van der Waals surface area contributed by atoms with E-state index in [1.807, 2.05) is 0 Å². The molecular formula is H12MoO24P6. The van der Waals surface area contributed by atoms with E-state index in [2.05, 4.69) is 0 Å². The summed E-state index contributed by atoms with van der Waals surface area (Å²) in [5.41, 5.74) is 0. The van der Waals surface area contributed by atoms with Crippen molar-refractivity contribution < 1.29 is 137 Å². The molecule has 0 radical (unpaired) electrons. The average molecular weight is 678 g/mol. The van der Waals surface area contributed by atoms with Gasteiger partial charge in [-0.05, 0) is 0 Å². The third kappa shape index (κ3) is 14900. The molecule has 31 heteroatoms. The molecule has 0 spiro atoms. The Bertz CT molecular complexity index is 460. The third-order valence-corrected chi connectivity index (χ3v) is 0. The van der Waals surface area contributed by atoms with Gasteiger partial charge in [-0.2, -0.15) is 0 Å². The van der Waals surface area contributed by atoms with Crippen LogP contribution in [0.3, 0.4) is 0 Å².